The van der Waals surface area contributed by atoms with Crippen LogP contribution >= 0.6 is 11.8 Å². The van der Waals surface area contributed by atoms with Gasteiger partial charge in [-0.3, -0.25) is 0 Å². The van der Waals surface area contributed by atoms with Crippen LogP contribution < -0.4 is 0 Å². The second-order valence-corrected chi connectivity index (χ2v) is 3.64. The van der Waals surface area contributed by atoms with E-state index in [-0.39, 0.29) is 0 Å². The molecule has 0 saturated heterocycles. The van der Waals surface area contributed by atoms with Crippen molar-refractivity contribution in [3.8, 4) is 0 Å². The van der Waals surface area contributed by atoms with Crippen LogP contribution in [-0.4, -0.2) is 5.25 Å². The fourth-order valence-corrected chi connectivity index (χ4v) is 1.98. The average Bonchev–Trinajstić information content (AvgIpc) is 2.17. The average molecular weight is 140 g/mol. The number of allylic oxidation sites excluding steroid dienone is 1. The zero-order chi connectivity index (χ0) is 6.69. The Morgan fingerprint density at radius 2 is 2.56 bits per heavy atom. The Labute approximate surface area is 61.0 Å². The van der Waals surface area contributed by atoms with Gasteiger partial charge < -0.3 is 0 Å². The van der Waals surface area contributed by atoms with E-state index in [1.54, 1.807) is 0 Å². The summed E-state index contributed by atoms with van der Waals surface area (Å²) < 4.78 is 0. The minimum absolute atomic E-state index is 0.725. The summed E-state index contributed by atoms with van der Waals surface area (Å²) in [6.07, 6.45) is 6.93. The lowest BCUT2D eigenvalue weighted by molar-refractivity contribution is 0.832. The molecule has 50 valence electrons. The van der Waals surface area contributed by atoms with Crippen LogP contribution in [0.5, 0.6) is 0 Å². The normalized spacial score (nSPS) is 25.4. The third-order valence-electron chi connectivity index (χ3n) is 1.37. The molecular formula is C8H12S. The molecule has 0 spiro atoms. The van der Waals surface area contributed by atoms with Crippen molar-refractivity contribution in [2.45, 2.75) is 25.0 Å². The summed E-state index contributed by atoms with van der Waals surface area (Å²) in [5.41, 5.74) is 0. The number of thioether (sulfide) groups is 1. The van der Waals surface area contributed by atoms with Gasteiger partial charge in [0, 0.05) is 10.2 Å². The molecule has 0 aromatic rings. The van der Waals surface area contributed by atoms with Crippen LogP contribution in [0.25, 0.3) is 0 Å². The topological polar surface area (TPSA) is 0 Å². The second kappa shape index (κ2) is 3.11. The SMILES string of the molecule is C=C1C=CC(CCC)S1. The zero-order valence-corrected chi connectivity index (χ0v) is 6.58. The van der Waals surface area contributed by atoms with E-state index in [9.17, 15) is 0 Å². The summed E-state index contributed by atoms with van der Waals surface area (Å²) in [4.78, 5) is 1.22. The van der Waals surface area contributed by atoms with E-state index in [0.717, 1.165) is 5.25 Å². The van der Waals surface area contributed by atoms with Crippen molar-refractivity contribution in [1.82, 2.24) is 0 Å². The van der Waals surface area contributed by atoms with E-state index in [4.69, 9.17) is 0 Å². The first-order valence-electron chi connectivity index (χ1n) is 3.36. The highest BCUT2D eigenvalue weighted by Crippen LogP contribution is 2.31. The van der Waals surface area contributed by atoms with Gasteiger partial charge >= 0.3 is 0 Å². The summed E-state index contributed by atoms with van der Waals surface area (Å²) in [6.45, 7) is 6.08. The molecule has 1 aliphatic heterocycles. The van der Waals surface area contributed by atoms with E-state index in [1.807, 2.05) is 11.8 Å². The van der Waals surface area contributed by atoms with Crippen molar-refractivity contribution in [3.05, 3.63) is 23.6 Å². The van der Waals surface area contributed by atoms with Crippen LogP contribution in [-0.2, 0) is 0 Å². The van der Waals surface area contributed by atoms with Gasteiger partial charge in [0.05, 0.1) is 0 Å². The largest absolute Gasteiger partial charge is 0.119 e. The molecule has 1 heteroatoms. The minimum atomic E-state index is 0.725. The number of hydrogen-bond acceptors (Lipinski definition) is 1. The Morgan fingerprint density at radius 1 is 1.78 bits per heavy atom. The van der Waals surface area contributed by atoms with Crippen LogP contribution in [0.4, 0.5) is 0 Å². The maximum atomic E-state index is 3.86. The van der Waals surface area contributed by atoms with Crippen molar-refractivity contribution in [1.29, 1.82) is 0 Å². The predicted octanol–water partition coefficient (Wildman–Crippen LogP) is 2.97. The molecule has 0 aliphatic carbocycles. The summed E-state index contributed by atoms with van der Waals surface area (Å²) in [7, 11) is 0. The molecule has 0 aromatic carbocycles. The van der Waals surface area contributed by atoms with Crippen LogP contribution in [0.15, 0.2) is 23.6 Å². The first-order valence-corrected chi connectivity index (χ1v) is 4.24. The maximum absolute atomic E-state index is 3.86. The van der Waals surface area contributed by atoms with Gasteiger partial charge in [0.2, 0.25) is 0 Å². The predicted molar refractivity (Wildman–Crippen MR) is 44.6 cm³/mol. The van der Waals surface area contributed by atoms with Crippen molar-refractivity contribution < 1.29 is 0 Å². The highest BCUT2D eigenvalue weighted by atomic mass is 32.2. The molecule has 1 unspecified atom stereocenters. The smallest absolute Gasteiger partial charge is 0.0277 e. The van der Waals surface area contributed by atoms with Crippen molar-refractivity contribution >= 4 is 11.8 Å². The Bertz CT molecular complexity index is 136. The van der Waals surface area contributed by atoms with Crippen molar-refractivity contribution in [2.24, 2.45) is 0 Å². The molecule has 0 N–H and O–H groups in total. The molecule has 0 radical (unpaired) electrons. The zero-order valence-electron chi connectivity index (χ0n) is 5.76. The lowest BCUT2D eigenvalue weighted by Crippen LogP contribution is -1.90. The first kappa shape index (κ1) is 6.94. The van der Waals surface area contributed by atoms with E-state index in [0.29, 0.717) is 0 Å². The third kappa shape index (κ3) is 1.90. The molecule has 1 rings (SSSR count). The quantitative estimate of drug-likeness (QED) is 0.568. The summed E-state index contributed by atoms with van der Waals surface area (Å²) in [5, 5.41) is 0.725. The van der Waals surface area contributed by atoms with Gasteiger partial charge in [0.25, 0.3) is 0 Å². The van der Waals surface area contributed by atoms with Gasteiger partial charge in [-0.05, 0) is 6.42 Å². The van der Waals surface area contributed by atoms with Gasteiger partial charge in [-0.2, -0.15) is 0 Å². The van der Waals surface area contributed by atoms with Gasteiger partial charge in [0.1, 0.15) is 0 Å². The molecule has 1 aliphatic rings. The van der Waals surface area contributed by atoms with E-state index < -0.39 is 0 Å². The molecule has 0 nitrogen and oxygen atoms in total. The van der Waals surface area contributed by atoms with Gasteiger partial charge in [-0.25, -0.2) is 0 Å². The lowest BCUT2D eigenvalue weighted by Gasteiger charge is -2.02. The Balaban J connectivity index is 2.32. The van der Waals surface area contributed by atoms with Crippen LogP contribution in [0.1, 0.15) is 19.8 Å². The summed E-state index contributed by atoms with van der Waals surface area (Å²) in [6, 6.07) is 0. The molecule has 0 aromatic heterocycles. The van der Waals surface area contributed by atoms with E-state index in [1.165, 1.54) is 17.7 Å². The molecule has 9 heavy (non-hydrogen) atoms. The first-order chi connectivity index (χ1) is 4.33. The second-order valence-electron chi connectivity index (χ2n) is 2.27. The van der Waals surface area contributed by atoms with Gasteiger partial charge in [0.15, 0.2) is 0 Å². The van der Waals surface area contributed by atoms with Crippen LogP contribution in [0.3, 0.4) is 0 Å². The van der Waals surface area contributed by atoms with Crippen molar-refractivity contribution in [3.63, 3.8) is 0 Å². The van der Waals surface area contributed by atoms with Gasteiger partial charge in [-0.15, -0.1) is 11.8 Å². The van der Waals surface area contributed by atoms with E-state index in [2.05, 4.69) is 25.7 Å². The molecule has 1 atom stereocenters. The monoisotopic (exact) mass is 140 g/mol. The third-order valence-corrected chi connectivity index (χ3v) is 2.51. The fourth-order valence-electron chi connectivity index (χ4n) is 0.927. The standard InChI is InChI=1S/C8H12S/c1-3-4-8-6-5-7(2)9-8/h5-6,8H,2-4H2,1H3. The summed E-state index contributed by atoms with van der Waals surface area (Å²) >= 11 is 1.88. The Morgan fingerprint density at radius 3 is 3.00 bits per heavy atom. The molecule has 0 bridgehead atoms. The molecular weight excluding hydrogens is 128 g/mol. The maximum Gasteiger partial charge on any atom is 0.0277 e. The molecule has 1 heterocycles. The highest BCUT2D eigenvalue weighted by Gasteiger charge is 2.10. The molecule has 0 fully saturated rings. The Kier molecular flexibility index (Phi) is 2.40. The van der Waals surface area contributed by atoms with E-state index >= 15 is 0 Å². The minimum Gasteiger partial charge on any atom is -0.119 e. The molecule has 0 saturated carbocycles. The number of rotatable bonds is 2. The van der Waals surface area contributed by atoms with Crippen LogP contribution in [0.2, 0.25) is 0 Å². The summed E-state index contributed by atoms with van der Waals surface area (Å²) in [5.74, 6) is 0. The number of hydrogen-bond donors (Lipinski definition) is 0. The van der Waals surface area contributed by atoms with Crippen LogP contribution in [0, 0.1) is 0 Å². The fraction of sp³-hybridized carbons (Fsp3) is 0.500. The molecule has 0 amide bonds. The lowest BCUT2D eigenvalue weighted by atomic mass is 10.2. The van der Waals surface area contributed by atoms with Gasteiger partial charge in [-0.1, -0.05) is 32.1 Å². The highest BCUT2D eigenvalue weighted by molar-refractivity contribution is 8.04. The Hall–Kier alpha value is -0.170. The van der Waals surface area contributed by atoms with Crippen molar-refractivity contribution in [2.75, 3.05) is 0 Å².